The first-order valence-electron chi connectivity index (χ1n) is 15.4. The minimum Gasteiger partial charge on any atom is -0.461 e. The smallest absolute Gasteiger partial charge is 0.324 e. The first-order chi connectivity index (χ1) is 19.4. The highest BCUT2D eigenvalue weighted by Gasteiger charge is 2.52. The molecule has 0 aliphatic carbocycles. The predicted octanol–water partition coefficient (Wildman–Crippen LogP) is 5.78. The number of ether oxygens (including phenoxy) is 2. The minimum absolute atomic E-state index is 0.137. The lowest BCUT2D eigenvalue weighted by atomic mass is 9.75. The van der Waals surface area contributed by atoms with Gasteiger partial charge in [-0.1, -0.05) is 74.5 Å². The molecule has 6 nitrogen and oxygen atoms in total. The predicted molar refractivity (Wildman–Crippen MR) is 163 cm³/mol. The van der Waals surface area contributed by atoms with Crippen LogP contribution in [0.2, 0.25) is 0 Å². The topological polar surface area (TPSA) is 59.1 Å². The Kier molecular flexibility index (Phi) is 9.97. The van der Waals surface area contributed by atoms with Crippen molar-refractivity contribution in [2.75, 3.05) is 14.1 Å². The summed E-state index contributed by atoms with van der Waals surface area (Å²) in [6.07, 6.45) is 1.36. The molecule has 2 heterocycles. The Labute approximate surface area is 247 Å². The quantitative estimate of drug-likeness (QED) is 0.300. The molecule has 2 aromatic rings. The standard InChI is InChI=1S/C35H50N2O4/c1-23-19-31(25(3)27(5)36(23)7)40-33(38)35(21-29-15-11-9-12-16-29,22-30-17-13-10-14-18-30)34(39)41-32-20-24(2)37(8)28(6)26(32)4/h9-18,23-28,31-32H,19-22H2,1-8H3. The third kappa shape index (κ3) is 6.70. The molecule has 8 atom stereocenters. The van der Waals surface area contributed by atoms with E-state index in [0.29, 0.717) is 0 Å². The van der Waals surface area contributed by atoms with Crippen LogP contribution in [0.4, 0.5) is 0 Å². The van der Waals surface area contributed by atoms with Crippen LogP contribution >= 0.6 is 0 Å². The second-order valence-corrected chi connectivity index (χ2v) is 13.0. The Balaban J connectivity index is 1.73. The molecule has 2 fully saturated rings. The van der Waals surface area contributed by atoms with Gasteiger partial charge in [0.25, 0.3) is 0 Å². The highest BCUT2D eigenvalue weighted by Crippen LogP contribution is 2.38. The number of benzene rings is 2. The van der Waals surface area contributed by atoms with E-state index in [4.69, 9.17) is 9.47 Å². The monoisotopic (exact) mass is 562 g/mol. The maximum absolute atomic E-state index is 14.6. The summed E-state index contributed by atoms with van der Waals surface area (Å²) >= 11 is 0. The second kappa shape index (κ2) is 13.1. The van der Waals surface area contributed by atoms with Crippen molar-refractivity contribution in [1.29, 1.82) is 0 Å². The molecule has 0 bridgehead atoms. The van der Waals surface area contributed by atoms with E-state index < -0.39 is 17.4 Å². The molecule has 8 unspecified atom stereocenters. The van der Waals surface area contributed by atoms with Gasteiger partial charge in [0.05, 0.1) is 0 Å². The van der Waals surface area contributed by atoms with Gasteiger partial charge in [-0.05, 0) is 78.6 Å². The van der Waals surface area contributed by atoms with Crippen LogP contribution in [0.25, 0.3) is 0 Å². The van der Waals surface area contributed by atoms with E-state index in [1.807, 2.05) is 60.7 Å². The molecule has 0 aromatic heterocycles. The van der Waals surface area contributed by atoms with Gasteiger partial charge >= 0.3 is 11.9 Å². The Morgan fingerprint density at radius 1 is 0.659 bits per heavy atom. The minimum atomic E-state index is -1.51. The number of esters is 2. The molecule has 224 valence electrons. The molecule has 2 aromatic carbocycles. The van der Waals surface area contributed by atoms with E-state index in [2.05, 4.69) is 65.4 Å². The summed E-state index contributed by atoms with van der Waals surface area (Å²) in [7, 11) is 4.25. The van der Waals surface area contributed by atoms with Gasteiger partial charge in [-0.15, -0.1) is 0 Å². The summed E-state index contributed by atoms with van der Waals surface area (Å²) in [5.74, 6) is -0.675. The average molecular weight is 563 g/mol. The van der Waals surface area contributed by atoms with Crippen molar-refractivity contribution in [3.8, 4) is 0 Å². The zero-order valence-electron chi connectivity index (χ0n) is 26.2. The summed E-state index contributed by atoms with van der Waals surface area (Å²) in [6, 6.07) is 20.6. The molecule has 41 heavy (non-hydrogen) atoms. The molecule has 0 saturated carbocycles. The van der Waals surface area contributed by atoms with Crippen molar-refractivity contribution in [1.82, 2.24) is 9.80 Å². The van der Waals surface area contributed by atoms with Crippen LogP contribution in [-0.4, -0.2) is 72.2 Å². The zero-order valence-corrected chi connectivity index (χ0v) is 26.2. The molecule has 6 heteroatoms. The molecule has 2 aliphatic heterocycles. The lowest BCUT2D eigenvalue weighted by molar-refractivity contribution is -0.187. The van der Waals surface area contributed by atoms with E-state index >= 15 is 0 Å². The van der Waals surface area contributed by atoms with Gasteiger partial charge < -0.3 is 19.3 Å². The Morgan fingerprint density at radius 3 is 1.34 bits per heavy atom. The molecule has 0 amide bonds. The van der Waals surface area contributed by atoms with Gasteiger partial charge in [-0.25, -0.2) is 0 Å². The number of carbonyl (C=O) groups is 2. The number of rotatable bonds is 8. The number of hydrogen-bond donors (Lipinski definition) is 0. The fourth-order valence-corrected chi connectivity index (χ4v) is 6.73. The fourth-order valence-electron chi connectivity index (χ4n) is 6.73. The van der Waals surface area contributed by atoms with Crippen LogP contribution in [0.15, 0.2) is 60.7 Å². The summed E-state index contributed by atoms with van der Waals surface area (Å²) in [6.45, 7) is 13.0. The Morgan fingerprint density at radius 2 is 1.00 bits per heavy atom. The fraction of sp³-hybridized carbons (Fsp3) is 0.600. The average Bonchev–Trinajstić information content (AvgIpc) is 2.97. The van der Waals surface area contributed by atoms with Gasteiger partial charge in [-0.3, -0.25) is 9.59 Å². The molecule has 0 radical (unpaired) electrons. The van der Waals surface area contributed by atoms with Gasteiger partial charge in [-0.2, -0.15) is 0 Å². The largest absolute Gasteiger partial charge is 0.461 e. The number of hydrogen-bond acceptors (Lipinski definition) is 6. The summed E-state index contributed by atoms with van der Waals surface area (Å²) in [5, 5.41) is 0. The van der Waals surface area contributed by atoms with Crippen molar-refractivity contribution in [2.24, 2.45) is 17.3 Å². The second-order valence-electron chi connectivity index (χ2n) is 13.0. The molecular formula is C35H50N2O4. The molecule has 4 rings (SSSR count). The first-order valence-corrected chi connectivity index (χ1v) is 15.4. The summed E-state index contributed by atoms with van der Waals surface area (Å²) in [5.41, 5.74) is 0.315. The van der Waals surface area contributed by atoms with E-state index in [0.717, 1.165) is 24.0 Å². The van der Waals surface area contributed by atoms with Gasteiger partial charge in [0.1, 0.15) is 12.2 Å². The summed E-state index contributed by atoms with van der Waals surface area (Å²) in [4.78, 5) is 33.8. The molecule has 2 saturated heterocycles. The Bertz CT molecular complexity index is 1060. The van der Waals surface area contributed by atoms with Crippen molar-refractivity contribution < 1.29 is 19.1 Å². The maximum atomic E-state index is 14.6. The first kappa shape index (κ1) is 31.2. The van der Waals surface area contributed by atoms with Crippen molar-refractivity contribution in [2.45, 2.75) is 104 Å². The van der Waals surface area contributed by atoms with Crippen molar-refractivity contribution >= 4 is 11.9 Å². The van der Waals surface area contributed by atoms with Crippen LogP contribution < -0.4 is 0 Å². The highest BCUT2D eigenvalue weighted by molar-refractivity contribution is 6.01. The van der Waals surface area contributed by atoms with Crippen LogP contribution in [0.3, 0.4) is 0 Å². The van der Waals surface area contributed by atoms with E-state index in [1.165, 1.54) is 0 Å². The highest BCUT2D eigenvalue weighted by atomic mass is 16.6. The Hall–Kier alpha value is -2.70. The normalized spacial score (nSPS) is 31.4. The van der Waals surface area contributed by atoms with Gasteiger partial charge in [0.2, 0.25) is 0 Å². The third-order valence-electron chi connectivity index (χ3n) is 10.5. The third-order valence-corrected chi connectivity index (χ3v) is 10.5. The van der Waals surface area contributed by atoms with Crippen LogP contribution in [0.1, 0.15) is 65.5 Å². The number of carbonyl (C=O) groups excluding carboxylic acids is 2. The maximum Gasteiger partial charge on any atom is 0.324 e. The SMILES string of the molecule is CC1C(OC(=O)C(Cc2ccccc2)(Cc2ccccc2)C(=O)OC2CC(C)N(C)C(C)C2C)CC(C)N(C)C1C. The molecule has 0 spiro atoms. The van der Waals surface area contributed by atoms with Crippen molar-refractivity contribution in [3.63, 3.8) is 0 Å². The molecule has 0 N–H and O–H groups in total. The molecule has 2 aliphatic rings. The van der Waals surface area contributed by atoms with Crippen LogP contribution in [-0.2, 0) is 31.9 Å². The van der Waals surface area contributed by atoms with Gasteiger partial charge in [0, 0.05) is 36.0 Å². The van der Waals surface area contributed by atoms with E-state index in [-0.39, 0.29) is 61.1 Å². The van der Waals surface area contributed by atoms with E-state index in [9.17, 15) is 9.59 Å². The van der Waals surface area contributed by atoms with Crippen LogP contribution in [0.5, 0.6) is 0 Å². The van der Waals surface area contributed by atoms with Gasteiger partial charge in [0.15, 0.2) is 5.41 Å². The van der Waals surface area contributed by atoms with Crippen molar-refractivity contribution in [3.05, 3.63) is 71.8 Å². The zero-order chi connectivity index (χ0) is 29.9. The number of nitrogens with zero attached hydrogens (tertiary/aromatic N) is 2. The number of likely N-dealkylation sites (tertiary alicyclic amines) is 2. The lowest BCUT2D eigenvalue weighted by Gasteiger charge is -2.46. The lowest BCUT2D eigenvalue weighted by Crippen LogP contribution is -2.56. The summed E-state index contributed by atoms with van der Waals surface area (Å²) < 4.78 is 12.8. The van der Waals surface area contributed by atoms with Crippen LogP contribution in [0, 0.1) is 17.3 Å². The van der Waals surface area contributed by atoms with E-state index in [1.54, 1.807) is 0 Å². The number of piperidine rings is 2. The molecular weight excluding hydrogens is 512 g/mol.